The van der Waals surface area contributed by atoms with Gasteiger partial charge in [-0.15, -0.1) is 0 Å². The molecule has 0 amide bonds. The second-order valence-corrected chi connectivity index (χ2v) is 5.88. The zero-order chi connectivity index (χ0) is 14.1. The number of hydrogen-bond donors (Lipinski definition) is 2. The Labute approximate surface area is 119 Å². The molecule has 4 heteroatoms. The first kappa shape index (κ1) is 13.9. The summed E-state index contributed by atoms with van der Waals surface area (Å²) in [6, 6.07) is 7.97. The van der Waals surface area contributed by atoms with Gasteiger partial charge in [-0.25, -0.2) is 0 Å². The maximum Gasteiger partial charge on any atom is 0.123 e. The molecule has 0 saturated carbocycles. The van der Waals surface area contributed by atoms with E-state index in [9.17, 15) is 5.11 Å². The first-order chi connectivity index (χ1) is 9.72. The average molecular weight is 277 g/mol. The Morgan fingerprint density at radius 1 is 1.10 bits per heavy atom. The highest BCUT2D eigenvalue weighted by molar-refractivity contribution is 5.44. The molecule has 110 valence electrons. The fraction of sp³-hybridized carbons (Fsp3) is 0.625. The highest BCUT2D eigenvalue weighted by atomic mass is 16.5. The third kappa shape index (κ3) is 2.03. The van der Waals surface area contributed by atoms with E-state index in [0.29, 0.717) is 26.2 Å². The van der Waals surface area contributed by atoms with Crippen molar-refractivity contribution in [1.29, 1.82) is 0 Å². The molecule has 3 N–H and O–H groups in total. The van der Waals surface area contributed by atoms with Gasteiger partial charge in [-0.3, -0.25) is 0 Å². The molecule has 2 unspecified atom stereocenters. The molecule has 2 aliphatic rings. The minimum Gasteiger partial charge on any atom is -0.493 e. The van der Waals surface area contributed by atoms with Gasteiger partial charge in [-0.2, -0.15) is 0 Å². The third-order valence-corrected chi connectivity index (χ3v) is 4.97. The Hall–Kier alpha value is -1.10. The number of benzene rings is 1. The van der Waals surface area contributed by atoms with E-state index in [1.54, 1.807) is 0 Å². The van der Waals surface area contributed by atoms with Crippen LogP contribution < -0.4 is 10.5 Å². The van der Waals surface area contributed by atoms with Crippen LogP contribution in [0.4, 0.5) is 0 Å². The molecular formula is C16H23NO3. The Bertz CT molecular complexity index is 469. The monoisotopic (exact) mass is 277 g/mol. The van der Waals surface area contributed by atoms with Crippen molar-refractivity contribution in [2.24, 2.45) is 5.73 Å². The van der Waals surface area contributed by atoms with E-state index in [2.05, 4.69) is 0 Å². The van der Waals surface area contributed by atoms with Crippen molar-refractivity contribution in [3.63, 3.8) is 0 Å². The van der Waals surface area contributed by atoms with Gasteiger partial charge in [-0.1, -0.05) is 18.2 Å². The lowest BCUT2D eigenvalue weighted by molar-refractivity contribution is -0.0666. The molecule has 2 atom stereocenters. The van der Waals surface area contributed by atoms with Crippen LogP contribution in [0.3, 0.4) is 0 Å². The molecule has 0 aromatic heterocycles. The molecule has 2 heterocycles. The summed E-state index contributed by atoms with van der Waals surface area (Å²) >= 11 is 0. The number of hydrogen-bond acceptors (Lipinski definition) is 4. The molecule has 1 saturated heterocycles. The predicted molar refractivity (Wildman–Crippen MR) is 76.9 cm³/mol. The first-order valence-corrected chi connectivity index (χ1v) is 7.44. The molecule has 2 aliphatic heterocycles. The van der Waals surface area contributed by atoms with Gasteiger partial charge in [0.25, 0.3) is 0 Å². The van der Waals surface area contributed by atoms with E-state index in [-0.39, 0.29) is 0 Å². The lowest BCUT2D eigenvalue weighted by Crippen LogP contribution is -2.58. The SMILES string of the molecule is NCC1(C2(O)CCCOCC2)CCOc2ccccc21. The molecule has 1 aromatic rings. The van der Waals surface area contributed by atoms with Crippen LogP contribution in [0, 0.1) is 0 Å². The molecule has 0 radical (unpaired) electrons. The van der Waals surface area contributed by atoms with E-state index in [4.69, 9.17) is 15.2 Å². The highest BCUT2D eigenvalue weighted by Crippen LogP contribution is 2.48. The minimum atomic E-state index is -0.807. The van der Waals surface area contributed by atoms with Gasteiger partial charge in [-0.05, 0) is 25.3 Å². The van der Waals surface area contributed by atoms with Crippen molar-refractivity contribution in [2.75, 3.05) is 26.4 Å². The number of fused-ring (bicyclic) bond motifs is 1. The largest absolute Gasteiger partial charge is 0.493 e. The van der Waals surface area contributed by atoms with Crippen LogP contribution >= 0.6 is 0 Å². The van der Waals surface area contributed by atoms with Gasteiger partial charge in [0.05, 0.1) is 12.2 Å². The maximum atomic E-state index is 11.4. The highest BCUT2D eigenvalue weighted by Gasteiger charge is 2.52. The molecular weight excluding hydrogens is 254 g/mol. The smallest absolute Gasteiger partial charge is 0.123 e. The number of nitrogens with two attached hydrogens (primary N) is 1. The van der Waals surface area contributed by atoms with Crippen LogP contribution in [0.5, 0.6) is 5.75 Å². The topological polar surface area (TPSA) is 64.7 Å². The van der Waals surface area contributed by atoms with Crippen molar-refractivity contribution in [1.82, 2.24) is 0 Å². The summed E-state index contributed by atoms with van der Waals surface area (Å²) in [7, 11) is 0. The summed E-state index contributed by atoms with van der Waals surface area (Å²) in [5.74, 6) is 0.864. The second-order valence-electron chi connectivity index (χ2n) is 5.88. The van der Waals surface area contributed by atoms with E-state index in [0.717, 1.165) is 37.2 Å². The van der Waals surface area contributed by atoms with E-state index in [1.807, 2.05) is 24.3 Å². The van der Waals surface area contributed by atoms with E-state index >= 15 is 0 Å². The van der Waals surface area contributed by atoms with Gasteiger partial charge in [0.2, 0.25) is 0 Å². The van der Waals surface area contributed by atoms with Crippen molar-refractivity contribution in [3.8, 4) is 5.75 Å². The van der Waals surface area contributed by atoms with E-state index < -0.39 is 11.0 Å². The van der Waals surface area contributed by atoms with Crippen LogP contribution in [0.25, 0.3) is 0 Å². The van der Waals surface area contributed by atoms with Gasteiger partial charge in [0, 0.05) is 37.2 Å². The second kappa shape index (κ2) is 5.35. The lowest BCUT2D eigenvalue weighted by atomic mass is 9.61. The van der Waals surface area contributed by atoms with Crippen LogP contribution in [-0.2, 0) is 10.2 Å². The Morgan fingerprint density at radius 2 is 1.95 bits per heavy atom. The van der Waals surface area contributed by atoms with Gasteiger partial charge in [0.1, 0.15) is 5.75 Å². The summed E-state index contributed by atoms with van der Waals surface area (Å²) in [5, 5.41) is 11.4. The summed E-state index contributed by atoms with van der Waals surface area (Å²) in [6.07, 6.45) is 3.01. The summed E-state index contributed by atoms with van der Waals surface area (Å²) < 4.78 is 11.3. The van der Waals surface area contributed by atoms with Crippen LogP contribution in [0.2, 0.25) is 0 Å². The number of ether oxygens (including phenoxy) is 2. The average Bonchev–Trinajstić information content (AvgIpc) is 2.72. The Morgan fingerprint density at radius 3 is 2.80 bits per heavy atom. The van der Waals surface area contributed by atoms with Crippen LogP contribution in [0.15, 0.2) is 24.3 Å². The molecule has 20 heavy (non-hydrogen) atoms. The van der Waals surface area contributed by atoms with Crippen molar-refractivity contribution in [3.05, 3.63) is 29.8 Å². The van der Waals surface area contributed by atoms with E-state index in [1.165, 1.54) is 0 Å². The Balaban J connectivity index is 2.07. The summed E-state index contributed by atoms with van der Waals surface area (Å²) in [6.45, 7) is 2.36. The quantitative estimate of drug-likeness (QED) is 0.862. The minimum absolute atomic E-state index is 0.421. The predicted octanol–water partition coefficient (Wildman–Crippen LogP) is 1.60. The van der Waals surface area contributed by atoms with Gasteiger partial charge >= 0.3 is 0 Å². The molecule has 0 aliphatic carbocycles. The third-order valence-electron chi connectivity index (χ3n) is 4.97. The molecule has 0 bridgehead atoms. The lowest BCUT2D eigenvalue weighted by Gasteiger charge is -2.49. The van der Waals surface area contributed by atoms with Gasteiger partial charge < -0.3 is 20.3 Å². The fourth-order valence-electron chi connectivity index (χ4n) is 3.76. The molecule has 3 rings (SSSR count). The molecule has 1 fully saturated rings. The summed E-state index contributed by atoms with van der Waals surface area (Å²) in [4.78, 5) is 0. The molecule has 0 spiro atoms. The van der Waals surface area contributed by atoms with Crippen molar-refractivity contribution in [2.45, 2.75) is 36.7 Å². The van der Waals surface area contributed by atoms with Crippen LogP contribution in [-0.4, -0.2) is 37.1 Å². The van der Waals surface area contributed by atoms with Crippen LogP contribution in [0.1, 0.15) is 31.2 Å². The normalized spacial score (nSPS) is 33.9. The first-order valence-electron chi connectivity index (χ1n) is 7.44. The number of aliphatic hydroxyl groups is 1. The summed E-state index contributed by atoms with van der Waals surface area (Å²) in [5.41, 5.74) is 5.99. The zero-order valence-electron chi connectivity index (χ0n) is 11.8. The number of para-hydroxylation sites is 1. The Kier molecular flexibility index (Phi) is 3.71. The molecule has 4 nitrogen and oxygen atoms in total. The van der Waals surface area contributed by atoms with Gasteiger partial charge in [0.15, 0.2) is 0 Å². The fourth-order valence-corrected chi connectivity index (χ4v) is 3.76. The number of rotatable bonds is 2. The molecule has 1 aromatic carbocycles. The zero-order valence-corrected chi connectivity index (χ0v) is 11.8. The standard InChI is InChI=1S/C16H23NO3/c17-12-15(16(18)6-3-9-19-10-8-16)7-11-20-14-5-2-1-4-13(14)15/h1-2,4-5,18H,3,6-12,17H2. The van der Waals surface area contributed by atoms with Crippen molar-refractivity contribution < 1.29 is 14.6 Å². The maximum absolute atomic E-state index is 11.4. The van der Waals surface area contributed by atoms with Crippen molar-refractivity contribution >= 4 is 0 Å².